The number of benzene rings is 1. The number of fused-ring (bicyclic) bond motifs is 1. The molecular formula is C19H22N4O3. The summed E-state index contributed by atoms with van der Waals surface area (Å²) in [6.07, 6.45) is 1.63. The lowest BCUT2D eigenvalue weighted by Gasteiger charge is -2.32. The van der Waals surface area contributed by atoms with Crippen molar-refractivity contribution in [2.24, 2.45) is 0 Å². The molecule has 0 unspecified atom stereocenters. The number of likely N-dealkylation sites (N-methyl/N-ethyl adjacent to an activating group) is 1. The Morgan fingerprint density at radius 1 is 1.04 bits per heavy atom. The Bertz CT molecular complexity index is 786. The molecule has 2 aliphatic rings. The van der Waals surface area contributed by atoms with Crippen LogP contribution in [0.25, 0.3) is 0 Å². The maximum absolute atomic E-state index is 12.6. The maximum Gasteiger partial charge on any atom is 0.255 e. The van der Waals surface area contributed by atoms with Crippen molar-refractivity contribution in [3.05, 3.63) is 42.1 Å². The van der Waals surface area contributed by atoms with Crippen LogP contribution in [0.4, 0.5) is 11.5 Å². The van der Waals surface area contributed by atoms with E-state index in [0.29, 0.717) is 24.6 Å². The molecule has 26 heavy (non-hydrogen) atoms. The van der Waals surface area contributed by atoms with E-state index in [1.165, 1.54) is 0 Å². The van der Waals surface area contributed by atoms with Crippen molar-refractivity contribution in [1.29, 1.82) is 0 Å². The zero-order valence-electron chi connectivity index (χ0n) is 14.8. The molecule has 1 fully saturated rings. The number of piperazine rings is 1. The third-order valence-electron chi connectivity index (χ3n) is 4.62. The number of hydrogen-bond acceptors (Lipinski definition) is 6. The zero-order chi connectivity index (χ0) is 17.9. The molecule has 2 aromatic rings. The fraction of sp³-hybridized carbons (Fsp3) is 0.368. The molecule has 1 aromatic carbocycles. The van der Waals surface area contributed by atoms with E-state index in [1.807, 2.05) is 35.2 Å². The molecule has 3 heterocycles. The number of hydrogen-bond donors (Lipinski definition) is 1. The highest BCUT2D eigenvalue weighted by atomic mass is 16.6. The first-order valence-electron chi connectivity index (χ1n) is 8.79. The highest BCUT2D eigenvalue weighted by Gasteiger charge is 2.20. The summed E-state index contributed by atoms with van der Waals surface area (Å²) in [6, 6.07) is 9.31. The van der Waals surface area contributed by atoms with Crippen molar-refractivity contribution in [3.63, 3.8) is 0 Å². The number of anilines is 2. The fourth-order valence-corrected chi connectivity index (χ4v) is 3.06. The van der Waals surface area contributed by atoms with Crippen LogP contribution in [0.1, 0.15) is 10.4 Å². The molecule has 2 aliphatic heterocycles. The van der Waals surface area contributed by atoms with E-state index in [-0.39, 0.29) is 5.91 Å². The summed E-state index contributed by atoms with van der Waals surface area (Å²) >= 11 is 0. The Hall–Kier alpha value is -2.80. The van der Waals surface area contributed by atoms with Gasteiger partial charge in [0.25, 0.3) is 5.91 Å². The SMILES string of the molecule is CN1CCN(C(=O)c2ccc(Nc3ccc4c(c3)OCCO4)nc2)CC1. The van der Waals surface area contributed by atoms with E-state index in [0.717, 1.165) is 43.4 Å². The van der Waals surface area contributed by atoms with Crippen LogP contribution < -0.4 is 14.8 Å². The van der Waals surface area contributed by atoms with Crippen LogP contribution in [-0.2, 0) is 0 Å². The standard InChI is InChI=1S/C19H22N4O3/c1-22-6-8-23(9-7-22)19(24)14-2-5-18(20-13-14)21-15-3-4-16-17(12-15)26-11-10-25-16/h2-5,12-13H,6-11H2,1H3,(H,20,21). The van der Waals surface area contributed by atoms with Crippen LogP contribution in [0.15, 0.2) is 36.5 Å². The third-order valence-corrected chi connectivity index (χ3v) is 4.62. The van der Waals surface area contributed by atoms with Crippen LogP contribution in [0.2, 0.25) is 0 Å². The minimum atomic E-state index is 0.0384. The van der Waals surface area contributed by atoms with Gasteiger partial charge in [-0.2, -0.15) is 0 Å². The van der Waals surface area contributed by atoms with Gasteiger partial charge in [-0.3, -0.25) is 4.79 Å². The minimum absolute atomic E-state index is 0.0384. The number of ether oxygens (including phenoxy) is 2. The number of rotatable bonds is 3. The van der Waals surface area contributed by atoms with Crippen molar-refractivity contribution in [3.8, 4) is 11.5 Å². The number of carbonyl (C=O) groups excluding carboxylic acids is 1. The summed E-state index contributed by atoms with van der Waals surface area (Å²) in [5.41, 5.74) is 1.47. The smallest absolute Gasteiger partial charge is 0.255 e. The van der Waals surface area contributed by atoms with Gasteiger partial charge >= 0.3 is 0 Å². The predicted octanol–water partition coefficient (Wildman–Crippen LogP) is 1.98. The van der Waals surface area contributed by atoms with Gasteiger partial charge in [-0.15, -0.1) is 0 Å². The van der Waals surface area contributed by atoms with Gasteiger partial charge < -0.3 is 24.6 Å². The van der Waals surface area contributed by atoms with E-state index in [2.05, 4.69) is 22.2 Å². The molecule has 0 radical (unpaired) electrons. The number of aromatic nitrogens is 1. The highest BCUT2D eigenvalue weighted by Crippen LogP contribution is 2.33. The average Bonchev–Trinajstić information content (AvgIpc) is 2.68. The van der Waals surface area contributed by atoms with Gasteiger partial charge in [0, 0.05) is 44.1 Å². The van der Waals surface area contributed by atoms with Gasteiger partial charge in [0.2, 0.25) is 0 Å². The number of nitrogens with zero attached hydrogens (tertiary/aromatic N) is 3. The van der Waals surface area contributed by atoms with Gasteiger partial charge in [-0.25, -0.2) is 4.98 Å². The minimum Gasteiger partial charge on any atom is -0.486 e. The zero-order valence-corrected chi connectivity index (χ0v) is 14.8. The van der Waals surface area contributed by atoms with E-state index in [4.69, 9.17) is 9.47 Å². The van der Waals surface area contributed by atoms with Crippen molar-refractivity contribution >= 4 is 17.4 Å². The van der Waals surface area contributed by atoms with Gasteiger partial charge in [0.05, 0.1) is 5.56 Å². The molecule has 1 N–H and O–H groups in total. The van der Waals surface area contributed by atoms with Crippen LogP contribution in [0.3, 0.4) is 0 Å². The summed E-state index contributed by atoms with van der Waals surface area (Å²) in [5.74, 6) is 2.19. The van der Waals surface area contributed by atoms with Crippen LogP contribution in [-0.4, -0.2) is 67.1 Å². The molecule has 0 atom stereocenters. The third kappa shape index (κ3) is 3.57. The van der Waals surface area contributed by atoms with Crippen molar-refractivity contribution in [2.75, 3.05) is 51.8 Å². The fourth-order valence-electron chi connectivity index (χ4n) is 3.06. The monoisotopic (exact) mass is 354 g/mol. The number of pyridine rings is 1. The van der Waals surface area contributed by atoms with Crippen molar-refractivity contribution in [1.82, 2.24) is 14.8 Å². The Morgan fingerprint density at radius 2 is 1.81 bits per heavy atom. The second-order valence-electron chi connectivity index (χ2n) is 6.51. The first-order chi connectivity index (χ1) is 12.7. The summed E-state index contributed by atoms with van der Waals surface area (Å²) in [4.78, 5) is 21.0. The van der Waals surface area contributed by atoms with E-state index in [9.17, 15) is 4.79 Å². The number of nitrogens with one attached hydrogen (secondary N) is 1. The summed E-state index contributed by atoms with van der Waals surface area (Å²) in [5, 5.41) is 3.23. The summed E-state index contributed by atoms with van der Waals surface area (Å²) < 4.78 is 11.1. The van der Waals surface area contributed by atoms with Gasteiger partial charge in [-0.05, 0) is 31.3 Å². The Labute approximate surface area is 152 Å². The molecule has 1 aromatic heterocycles. The lowest BCUT2D eigenvalue weighted by atomic mass is 10.2. The first-order valence-corrected chi connectivity index (χ1v) is 8.79. The van der Waals surface area contributed by atoms with E-state index < -0.39 is 0 Å². The molecule has 136 valence electrons. The van der Waals surface area contributed by atoms with E-state index in [1.54, 1.807) is 6.20 Å². The Kier molecular flexibility index (Phi) is 4.62. The largest absolute Gasteiger partial charge is 0.486 e. The molecule has 0 aliphatic carbocycles. The lowest BCUT2D eigenvalue weighted by molar-refractivity contribution is 0.0663. The highest BCUT2D eigenvalue weighted by molar-refractivity contribution is 5.94. The van der Waals surface area contributed by atoms with Crippen LogP contribution >= 0.6 is 0 Å². The van der Waals surface area contributed by atoms with E-state index >= 15 is 0 Å². The summed E-state index contributed by atoms with van der Waals surface area (Å²) in [6.45, 7) is 4.45. The molecule has 4 rings (SSSR count). The van der Waals surface area contributed by atoms with Gasteiger partial charge in [-0.1, -0.05) is 0 Å². The summed E-state index contributed by atoms with van der Waals surface area (Å²) in [7, 11) is 2.07. The number of carbonyl (C=O) groups is 1. The normalized spacial score (nSPS) is 17.0. The van der Waals surface area contributed by atoms with Crippen LogP contribution in [0, 0.1) is 0 Å². The van der Waals surface area contributed by atoms with Gasteiger partial charge in [0.1, 0.15) is 19.0 Å². The first kappa shape index (κ1) is 16.7. The quantitative estimate of drug-likeness (QED) is 0.909. The Balaban J connectivity index is 1.42. The second kappa shape index (κ2) is 7.21. The molecule has 0 saturated carbocycles. The van der Waals surface area contributed by atoms with Crippen LogP contribution in [0.5, 0.6) is 11.5 Å². The molecule has 1 amide bonds. The molecule has 1 saturated heterocycles. The number of amides is 1. The molecular weight excluding hydrogens is 332 g/mol. The molecule has 7 nitrogen and oxygen atoms in total. The molecule has 7 heteroatoms. The van der Waals surface area contributed by atoms with Crippen molar-refractivity contribution in [2.45, 2.75) is 0 Å². The lowest BCUT2D eigenvalue weighted by Crippen LogP contribution is -2.47. The topological polar surface area (TPSA) is 66.9 Å². The average molecular weight is 354 g/mol. The second-order valence-corrected chi connectivity index (χ2v) is 6.51. The molecule has 0 spiro atoms. The predicted molar refractivity (Wildman–Crippen MR) is 98.4 cm³/mol. The Morgan fingerprint density at radius 3 is 2.54 bits per heavy atom. The maximum atomic E-state index is 12.6. The van der Waals surface area contributed by atoms with Crippen molar-refractivity contribution < 1.29 is 14.3 Å². The molecule has 0 bridgehead atoms. The van der Waals surface area contributed by atoms with Gasteiger partial charge in [0.15, 0.2) is 11.5 Å².